The van der Waals surface area contributed by atoms with Gasteiger partial charge in [0.05, 0.1) is 0 Å². The Bertz CT molecular complexity index is 655. The number of carbonyl (C=O) groups excluding carboxylic acids is 1. The lowest BCUT2D eigenvalue weighted by molar-refractivity contribution is 0.102. The van der Waals surface area contributed by atoms with E-state index in [1.54, 1.807) is 12.3 Å². The van der Waals surface area contributed by atoms with E-state index in [-0.39, 0.29) is 5.91 Å². The predicted octanol–water partition coefficient (Wildman–Crippen LogP) is 2.65. The molecular formula is C18H25N5O. The Kier molecular flexibility index (Phi) is 6.69. The van der Waals surface area contributed by atoms with E-state index in [0.29, 0.717) is 11.6 Å². The van der Waals surface area contributed by atoms with Gasteiger partial charge in [0.25, 0.3) is 5.91 Å². The van der Waals surface area contributed by atoms with Crippen molar-refractivity contribution in [2.75, 3.05) is 37.8 Å². The quantitative estimate of drug-likeness (QED) is 0.730. The number of carbonyl (C=O) groups is 1. The summed E-state index contributed by atoms with van der Waals surface area (Å²) in [5.74, 6) is 0.237. The van der Waals surface area contributed by atoms with Gasteiger partial charge in [0, 0.05) is 18.4 Å². The van der Waals surface area contributed by atoms with Crippen molar-refractivity contribution in [3.63, 3.8) is 0 Å². The molecule has 2 rings (SSSR count). The van der Waals surface area contributed by atoms with Gasteiger partial charge in [-0.15, -0.1) is 0 Å². The summed E-state index contributed by atoms with van der Waals surface area (Å²) in [6.45, 7) is 3.85. The normalized spacial score (nSPS) is 10.7. The van der Waals surface area contributed by atoms with Gasteiger partial charge in [0.2, 0.25) is 5.95 Å². The van der Waals surface area contributed by atoms with E-state index in [0.717, 1.165) is 31.6 Å². The minimum Gasteiger partial charge on any atom is -0.354 e. The maximum absolute atomic E-state index is 12.3. The Labute approximate surface area is 143 Å². The highest BCUT2D eigenvalue weighted by Crippen LogP contribution is 2.11. The molecule has 0 fully saturated rings. The molecule has 0 spiro atoms. The first kappa shape index (κ1) is 17.9. The van der Waals surface area contributed by atoms with Crippen LogP contribution in [0.25, 0.3) is 0 Å². The maximum atomic E-state index is 12.3. The Balaban J connectivity index is 1.92. The minimum absolute atomic E-state index is 0.238. The molecule has 24 heavy (non-hydrogen) atoms. The molecule has 0 unspecified atom stereocenters. The number of aryl methyl sites for hydroxylation is 1. The first-order valence-electron chi connectivity index (χ1n) is 8.20. The second-order valence-corrected chi connectivity index (χ2v) is 5.85. The molecule has 0 atom stereocenters. The summed E-state index contributed by atoms with van der Waals surface area (Å²) >= 11 is 0. The molecule has 0 bridgehead atoms. The van der Waals surface area contributed by atoms with Crippen LogP contribution in [0, 0.1) is 0 Å². The summed E-state index contributed by atoms with van der Waals surface area (Å²) in [6.07, 6.45) is 3.55. The molecule has 1 aromatic heterocycles. The van der Waals surface area contributed by atoms with E-state index in [9.17, 15) is 4.79 Å². The largest absolute Gasteiger partial charge is 0.354 e. The highest BCUT2D eigenvalue weighted by atomic mass is 16.1. The SMILES string of the molecule is CCc1ccc(NC(=O)c2ccnc(NCCCN(C)C)n2)cc1. The van der Waals surface area contributed by atoms with Gasteiger partial charge < -0.3 is 15.5 Å². The van der Waals surface area contributed by atoms with Crippen LogP contribution in [-0.2, 0) is 6.42 Å². The van der Waals surface area contributed by atoms with Crippen LogP contribution < -0.4 is 10.6 Å². The summed E-state index contributed by atoms with van der Waals surface area (Å²) in [6, 6.07) is 9.43. The highest BCUT2D eigenvalue weighted by Gasteiger charge is 2.09. The third kappa shape index (κ3) is 5.62. The number of amides is 1. The van der Waals surface area contributed by atoms with Crippen molar-refractivity contribution in [1.82, 2.24) is 14.9 Å². The van der Waals surface area contributed by atoms with Gasteiger partial charge in [-0.05, 0) is 57.2 Å². The molecule has 2 N–H and O–H groups in total. The molecule has 1 amide bonds. The molecular weight excluding hydrogens is 302 g/mol. The molecule has 0 aliphatic carbocycles. The molecule has 6 heteroatoms. The molecule has 0 saturated heterocycles. The van der Waals surface area contributed by atoms with E-state index in [2.05, 4.69) is 32.4 Å². The lowest BCUT2D eigenvalue weighted by Crippen LogP contribution is -2.18. The molecule has 1 aromatic carbocycles. The zero-order valence-corrected chi connectivity index (χ0v) is 14.5. The van der Waals surface area contributed by atoms with Gasteiger partial charge in [-0.3, -0.25) is 4.79 Å². The Morgan fingerprint density at radius 1 is 1.17 bits per heavy atom. The second-order valence-electron chi connectivity index (χ2n) is 5.85. The van der Waals surface area contributed by atoms with Gasteiger partial charge in [-0.1, -0.05) is 19.1 Å². The molecule has 0 aliphatic rings. The molecule has 6 nitrogen and oxygen atoms in total. The summed E-state index contributed by atoms with van der Waals surface area (Å²) in [5, 5.41) is 6.00. The highest BCUT2D eigenvalue weighted by molar-refractivity contribution is 6.02. The molecule has 128 valence electrons. The molecule has 0 saturated carbocycles. The van der Waals surface area contributed by atoms with Crippen LogP contribution in [0.4, 0.5) is 11.6 Å². The third-order valence-corrected chi connectivity index (χ3v) is 3.57. The zero-order chi connectivity index (χ0) is 17.4. The Morgan fingerprint density at radius 2 is 1.92 bits per heavy atom. The van der Waals surface area contributed by atoms with Gasteiger partial charge in [0.1, 0.15) is 5.69 Å². The predicted molar refractivity (Wildman–Crippen MR) is 97.5 cm³/mol. The van der Waals surface area contributed by atoms with Crippen LogP contribution in [0.5, 0.6) is 0 Å². The number of anilines is 2. The van der Waals surface area contributed by atoms with Crippen molar-refractivity contribution >= 4 is 17.5 Å². The van der Waals surface area contributed by atoms with Crippen molar-refractivity contribution in [2.24, 2.45) is 0 Å². The monoisotopic (exact) mass is 327 g/mol. The molecule has 1 heterocycles. The second kappa shape index (κ2) is 8.98. The number of nitrogens with zero attached hydrogens (tertiary/aromatic N) is 3. The summed E-state index contributed by atoms with van der Waals surface area (Å²) in [7, 11) is 4.07. The molecule has 0 radical (unpaired) electrons. The number of benzene rings is 1. The van der Waals surface area contributed by atoms with E-state index < -0.39 is 0 Å². The van der Waals surface area contributed by atoms with Crippen LogP contribution in [-0.4, -0.2) is 48.0 Å². The van der Waals surface area contributed by atoms with Crippen LogP contribution in [0.15, 0.2) is 36.5 Å². The van der Waals surface area contributed by atoms with Gasteiger partial charge in [0.15, 0.2) is 0 Å². The molecule has 2 aromatic rings. The van der Waals surface area contributed by atoms with Crippen molar-refractivity contribution in [1.29, 1.82) is 0 Å². The van der Waals surface area contributed by atoms with Gasteiger partial charge >= 0.3 is 0 Å². The summed E-state index contributed by atoms with van der Waals surface area (Å²) < 4.78 is 0. The fourth-order valence-corrected chi connectivity index (χ4v) is 2.18. The zero-order valence-electron chi connectivity index (χ0n) is 14.5. The summed E-state index contributed by atoms with van der Waals surface area (Å²) in [4.78, 5) is 22.8. The topological polar surface area (TPSA) is 70.2 Å². The number of nitrogens with one attached hydrogen (secondary N) is 2. The van der Waals surface area contributed by atoms with Crippen molar-refractivity contribution in [3.8, 4) is 0 Å². The fraction of sp³-hybridized carbons (Fsp3) is 0.389. The standard InChI is InChI=1S/C18H25N5O/c1-4-14-6-8-15(9-7-14)21-17(24)16-10-12-20-18(22-16)19-11-5-13-23(2)3/h6-10,12H,4-5,11,13H2,1-3H3,(H,21,24)(H,19,20,22). The number of hydrogen-bond donors (Lipinski definition) is 2. The molecule has 0 aliphatic heterocycles. The van der Waals surface area contributed by atoms with Crippen LogP contribution in [0.3, 0.4) is 0 Å². The first-order valence-corrected chi connectivity index (χ1v) is 8.20. The van der Waals surface area contributed by atoms with E-state index >= 15 is 0 Å². The summed E-state index contributed by atoms with van der Waals surface area (Å²) in [5.41, 5.74) is 2.34. The Morgan fingerprint density at radius 3 is 2.58 bits per heavy atom. The van der Waals surface area contributed by atoms with Crippen LogP contribution >= 0.6 is 0 Å². The lowest BCUT2D eigenvalue weighted by atomic mass is 10.1. The smallest absolute Gasteiger partial charge is 0.274 e. The average Bonchev–Trinajstić information content (AvgIpc) is 2.59. The van der Waals surface area contributed by atoms with Gasteiger partial charge in [-0.2, -0.15) is 0 Å². The fourth-order valence-electron chi connectivity index (χ4n) is 2.18. The lowest BCUT2D eigenvalue weighted by Gasteiger charge is -2.10. The van der Waals surface area contributed by atoms with Crippen molar-refractivity contribution < 1.29 is 4.79 Å². The number of hydrogen-bond acceptors (Lipinski definition) is 5. The van der Waals surface area contributed by atoms with Crippen LogP contribution in [0.2, 0.25) is 0 Å². The number of rotatable bonds is 8. The Hall–Kier alpha value is -2.47. The first-order chi connectivity index (χ1) is 11.6. The van der Waals surface area contributed by atoms with Gasteiger partial charge in [-0.25, -0.2) is 9.97 Å². The third-order valence-electron chi connectivity index (χ3n) is 3.57. The number of aromatic nitrogens is 2. The van der Waals surface area contributed by atoms with Crippen molar-refractivity contribution in [3.05, 3.63) is 47.8 Å². The van der Waals surface area contributed by atoms with E-state index in [4.69, 9.17) is 0 Å². The van der Waals surface area contributed by atoms with Crippen LogP contribution in [0.1, 0.15) is 29.4 Å². The minimum atomic E-state index is -0.238. The average molecular weight is 327 g/mol. The van der Waals surface area contributed by atoms with E-state index in [1.165, 1.54) is 5.56 Å². The maximum Gasteiger partial charge on any atom is 0.274 e. The van der Waals surface area contributed by atoms with Crippen molar-refractivity contribution in [2.45, 2.75) is 19.8 Å². The van der Waals surface area contributed by atoms with E-state index in [1.807, 2.05) is 38.4 Å².